The minimum absolute atomic E-state index is 0.0285. The number of imide groups is 1. The Morgan fingerprint density at radius 2 is 1.84 bits per heavy atom. The van der Waals surface area contributed by atoms with Gasteiger partial charge in [0.15, 0.2) is 0 Å². The first-order chi connectivity index (χ1) is 15.2. The van der Waals surface area contributed by atoms with Crippen LogP contribution in [-0.2, 0) is 23.9 Å². The van der Waals surface area contributed by atoms with E-state index in [9.17, 15) is 19.2 Å². The van der Waals surface area contributed by atoms with E-state index in [0.717, 1.165) is 32.1 Å². The zero-order valence-electron chi connectivity index (χ0n) is 20.1. The van der Waals surface area contributed by atoms with E-state index in [0.29, 0.717) is 50.3 Å². The molecule has 2 rings (SSSR count). The van der Waals surface area contributed by atoms with Crippen LogP contribution in [0.4, 0.5) is 0 Å². The largest absolute Gasteiger partial charge is 0.380 e. The van der Waals surface area contributed by atoms with Gasteiger partial charge in [-0.05, 0) is 50.9 Å². The summed E-state index contributed by atoms with van der Waals surface area (Å²) < 4.78 is 5.57. The Labute approximate surface area is 197 Å². The van der Waals surface area contributed by atoms with Gasteiger partial charge in [-0.1, -0.05) is 13.8 Å². The Balaban J connectivity index is 1.65. The molecule has 0 aromatic rings. The number of nitrogens with zero attached hydrogens (tertiary/aromatic N) is 2. The van der Waals surface area contributed by atoms with Crippen LogP contribution >= 0.6 is 11.8 Å². The first-order valence-electron chi connectivity index (χ1n) is 12.0. The van der Waals surface area contributed by atoms with E-state index in [2.05, 4.69) is 13.8 Å². The standard InChI is InChI=1S/C24H40N2O5S/c1-17(2)9-12-31-13-11-25(4)22(28)10-14-32-21-15-23(29)26(24(21)30)16-19-5-7-20(8-6-19)18(3)27/h17,19-21H,5-16H2,1-4H3. The lowest BCUT2D eigenvalue weighted by molar-refractivity contribution is -0.139. The zero-order chi connectivity index (χ0) is 23.7. The van der Waals surface area contributed by atoms with Gasteiger partial charge in [-0.25, -0.2) is 0 Å². The number of thioether (sulfide) groups is 1. The van der Waals surface area contributed by atoms with Crippen LogP contribution in [0.2, 0.25) is 0 Å². The molecule has 1 atom stereocenters. The number of ether oxygens (including phenoxy) is 1. The second kappa shape index (κ2) is 13.3. The molecular weight excluding hydrogens is 428 g/mol. The van der Waals surface area contributed by atoms with E-state index in [-0.39, 0.29) is 41.1 Å². The summed E-state index contributed by atoms with van der Waals surface area (Å²) >= 11 is 1.41. The number of amides is 3. The number of hydrogen-bond acceptors (Lipinski definition) is 6. The minimum Gasteiger partial charge on any atom is -0.380 e. The molecule has 182 valence electrons. The van der Waals surface area contributed by atoms with Gasteiger partial charge in [0.2, 0.25) is 17.7 Å². The van der Waals surface area contributed by atoms with Crippen molar-refractivity contribution in [2.24, 2.45) is 17.8 Å². The van der Waals surface area contributed by atoms with Crippen molar-refractivity contribution >= 4 is 35.3 Å². The SMILES string of the molecule is CC(=O)C1CCC(CN2C(=O)CC(SCCC(=O)N(C)CCOCCC(C)C)C2=O)CC1. The number of rotatable bonds is 13. The quantitative estimate of drug-likeness (QED) is 0.305. The Hall–Kier alpha value is -1.41. The smallest absolute Gasteiger partial charge is 0.242 e. The predicted octanol–water partition coefficient (Wildman–Crippen LogP) is 3.15. The third-order valence-electron chi connectivity index (χ3n) is 6.54. The van der Waals surface area contributed by atoms with Crippen LogP contribution in [0.5, 0.6) is 0 Å². The molecule has 1 aliphatic heterocycles. The van der Waals surface area contributed by atoms with Gasteiger partial charge >= 0.3 is 0 Å². The summed E-state index contributed by atoms with van der Waals surface area (Å²) in [5.41, 5.74) is 0. The van der Waals surface area contributed by atoms with Crippen LogP contribution in [0.25, 0.3) is 0 Å². The van der Waals surface area contributed by atoms with Gasteiger partial charge in [0, 0.05) is 51.3 Å². The summed E-state index contributed by atoms with van der Waals surface area (Å²) in [4.78, 5) is 52.1. The lowest BCUT2D eigenvalue weighted by atomic mass is 9.80. The molecule has 32 heavy (non-hydrogen) atoms. The fourth-order valence-corrected chi connectivity index (χ4v) is 5.32. The lowest BCUT2D eigenvalue weighted by Gasteiger charge is -2.29. The number of likely N-dealkylation sites (N-methyl/N-ethyl adjacent to an activating group) is 1. The summed E-state index contributed by atoms with van der Waals surface area (Å²) in [6.45, 7) is 8.21. The summed E-state index contributed by atoms with van der Waals surface area (Å²) in [5, 5.41) is -0.381. The highest BCUT2D eigenvalue weighted by molar-refractivity contribution is 8.00. The molecule has 0 spiro atoms. The van der Waals surface area contributed by atoms with Gasteiger partial charge in [-0.2, -0.15) is 0 Å². The lowest BCUT2D eigenvalue weighted by Crippen LogP contribution is -2.37. The van der Waals surface area contributed by atoms with Gasteiger partial charge in [0.1, 0.15) is 5.78 Å². The van der Waals surface area contributed by atoms with Crippen LogP contribution < -0.4 is 0 Å². The van der Waals surface area contributed by atoms with Crippen LogP contribution in [0.3, 0.4) is 0 Å². The maximum atomic E-state index is 12.7. The van der Waals surface area contributed by atoms with Crippen molar-refractivity contribution in [1.82, 2.24) is 9.80 Å². The number of carbonyl (C=O) groups is 4. The zero-order valence-corrected chi connectivity index (χ0v) is 21.0. The average Bonchev–Trinajstić information content (AvgIpc) is 3.01. The molecule has 0 radical (unpaired) electrons. The summed E-state index contributed by atoms with van der Waals surface area (Å²) in [6, 6.07) is 0. The molecule has 1 unspecified atom stereocenters. The number of likely N-dealkylation sites (tertiary alicyclic amines) is 1. The van der Waals surface area contributed by atoms with Crippen molar-refractivity contribution in [3.05, 3.63) is 0 Å². The van der Waals surface area contributed by atoms with Crippen molar-refractivity contribution in [3.8, 4) is 0 Å². The van der Waals surface area contributed by atoms with Crippen LogP contribution in [0.15, 0.2) is 0 Å². The van der Waals surface area contributed by atoms with E-state index >= 15 is 0 Å². The van der Waals surface area contributed by atoms with Gasteiger partial charge in [-0.3, -0.25) is 24.1 Å². The first kappa shape index (κ1) is 26.8. The van der Waals surface area contributed by atoms with Crippen molar-refractivity contribution in [2.45, 2.75) is 71.0 Å². The third kappa shape index (κ3) is 8.50. The molecule has 0 aromatic heterocycles. The van der Waals surface area contributed by atoms with E-state index in [4.69, 9.17) is 4.74 Å². The van der Waals surface area contributed by atoms with Crippen LogP contribution in [0.1, 0.15) is 65.7 Å². The molecule has 0 bridgehead atoms. The summed E-state index contributed by atoms with van der Waals surface area (Å²) in [6.07, 6.45) is 5.07. The van der Waals surface area contributed by atoms with Gasteiger partial charge in [0.25, 0.3) is 0 Å². The first-order valence-corrected chi connectivity index (χ1v) is 13.0. The highest BCUT2D eigenvalue weighted by Crippen LogP contribution is 2.32. The molecule has 1 saturated carbocycles. The molecule has 1 saturated heterocycles. The molecule has 1 heterocycles. The van der Waals surface area contributed by atoms with Gasteiger partial charge in [-0.15, -0.1) is 11.8 Å². The number of carbonyl (C=O) groups excluding carboxylic acids is 4. The molecular formula is C24H40N2O5S. The van der Waals surface area contributed by atoms with E-state index in [1.165, 1.54) is 16.7 Å². The summed E-state index contributed by atoms with van der Waals surface area (Å²) in [5.74, 6) is 1.61. The topological polar surface area (TPSA) is 84.0 Å². The van der Waals surface area contributed by atoms with Crippen molar-refractivity contribution in [3.63, 3.8) is 0 Å². The van der Waals surface area contributed by atoms with Crippen LogP contribution in [-0.4, -0.2) is 77.7 Å². The second-order valence-corrected chi connectivity index (χ2v) is 10.9. The minimum atomic E-state index is -0.381. The fraction of sp³-hybridized carbons (Fsp3) is 0.833. The predicted molar refractivity (Wildman–Crippen MR) is 126 cm³/mol. The fourth-order valence-electron chi connectivity index (χ4n) is 4.21. The number of ketones is 1. The monoisotopic (exact) mass is 468 g/mol. The Morgan fingerprint density at radius 3 is 2.47 bits per heavy atom. The second-order valence-electron chi connectivity index (χ2n) is 9.59. The van der Waals surface area contributed by atoms with Crippen molar-refractivity contribution in [1.29, 1.82) is 0 Å². The molecule has 2 aliphatic rings. The Kier molecular flexibility index (Phi) is 11.2. The Bertz CT molecular complexity index is 661. The average molecular weight is 469 g/mol. The number of Topliss-reactive ketones (excluding diaryl/α,β-unsaturated/α-hetero) is 1. The van der Waals surface area contributed by atoms with Gasteiger partial charge in [0.05, 0.1) is 11.9 Å². The van der Waals surface area contributed by atoms with E-state index in [1.54, 1.807) is 18.9 Å². The van der Waals surface area contributed by atoms with Gasteiger partial charge < -0.3 is 9.64 Å². The van der Waals surface area contributed by atoms with E-state index < -0.39 is 0 Å². The third-order valence-corrected chi connectivity index (χ3v) is 7.75. The van der Waals surface area contributed by atoms with Crippen molar-refractivity contribution in [2.75, 3.05) is 39.1 Å². The maximum absolute atomic E-state index is 12.7. The summed E-state index contributed by atoms with van der Waals surface area (Å²) in [7, 11) is 1.77. The molecule has 7 nitrogen and oxygen atoms in total. The molecule has 8 heteroatoms. The Morgan fingerprint density at radius 1 is 1.16 bits per heavy atom. The number of hydrogen-bond donors (Lipinski definition) is 0. The van der Waals surface area contributed by atoms with Crippen molar-refractivity contribution < 1.29 is 23.9 Å². The molecule has 0 aromatic carbocycles. The normalized spacial score (nSPS) is 23.8. The highest BCUT2D eigenvalue weighted by Gasteiger charge is 2.40. The highest BCUT2D eigenvalue weighted by atomic mass is 32.2. The molecule has 2 fully saturated rings. The molecule has 0 N–H and O–H groups in total. The molecule has 1 aliphatic carbocycles. The maximum Gasteiger partial charge on any atom is 0.242 e. The van der Waals surface area contributed by atoms with Crippen LogP contribution in [0, 0.1) is 17.8 Å². The van der Waals surface area contributed by atoms with E-state index in [1.807, 2.05) is 0 Å². The molecule has 3 amide bonds.